The van der Waals surface area contributed by atoms with Crippen molar-refractivity contribution >= 4 is 22.4 Å². The maximum absolute atomic E-state index is 13.0. The van der Waals surface area contributed by atoms with E-state index in [0.717, 1.165) is 42.3 Å². The molecule has 2 N–H and O–H groups in total. The number of thiazole rings is 1. The Kier molecular flexibility index (Phi) is 3.22. The third-order valence-electron chi connectivity index (χ3n) is 2.79. The summed E-state index contributed by atoms with van der Waals surface area (Å²) >= 11 is 1.44. The summed E-state index contributed by atoms with van der Waals surface area (Å²) in [7, 11) is 0. The number of nitrogens with zero attached hydrogens (tertiary/aromatic N) is 2. The number of pyridine rings is 1. The molecule has 98 valence electrons. The number of carbonyl (C=O) groups is 1. The van der Waals surface area contributed by atoms with Crippen LogP contribution in [0.2, 0.25) is 0 Å². The average molecular weight is 278 g/mol. The van der Waals surface area contributed by atoms with Crippen molar-refractivity contribution in [3.63, 3.8) is 0 Å². The number of carbonyl (C=O) groups excluding carboxylic acids is 1. The smallest absolute Gasteiger partial charge is 0.259 e. The van der Waals surface area contributed by atoms with E-state index in [1.165, 1.54) is 17.5 Å². The van der Waals surface area contributed by atoms with Gasteiger partial charge in [0.2, 0.25) is 0 Å². The van der Waals surface area contributed by atoms with Gasteiger partial charge in [-0.15, -0.1) is 11.3 Å². The Balaban J connectivity index is 1.77. The molecule has 0 atom stereocenters. The van der Waals surface area contributed by atoms with Crippen LogP contribution in [0, 0.1) is 5.82 Å². The molecule has 7 heteroatoms. The molecule has 0 fully saturated rings. The molecule has 1 aliphatic rings. The van der Waals surface area contributed by atoms with Gasteiger partial charge in [-0.2, -0.15) is 0 Å². The second-order valence-electron chi connectivity index (χ2n) is 4.16. The van der Waals surface area contributed by atoms with Crippen LogP contribution in [0.4, 0.5) is 9.52 Å². The Morgan fingerprint density at radius 2 is 2.37 bits per heavy atom. The van der Waals surface area contributed by atoms with Gasteiger partial charge in [-0.3, -0.25) is 15.1 Å². The molecule has 1 amide bonds. The number of nitrogens with one attached hydrogen (secondary N) is 2. The first-order valence-electron chi connectivity index (χ1n) is 5.83. The number of amides is 1. The van der Waals surface area contributed by atoms with Crippen molar-refractivity contribution in [1.29, 1.82) is 0 Å². The minimum absolute atomic E-state index is 0.186. The fourth-order valence-corrected chi connectivity index (χ4v) is 2.86. The molecule has 0 spiro atoms. The predicted octanol–water partition coefficient (Wildman–Crippen LogP) is 1.58. The zero-order chi connectivity index (χ0) is 13.2. The molecule has 0 unspecified atom stereocenters. The van der Waals surface area contributed by atoms with E-state index in [1.54, 1.807) is 0 Å². The van der Waals surface area contributed by atoms with Gasteiger partial charge in [0.25, 0.3) is 5.91 Å². The van der Waals surface area contributed by atoms with Crippen LogP contribution in [-0.4, -0.2) is 22.4 Å². The molecule has 2 aromatic heterocycles. The molecule has 3 rings (SSSR count). The quantitative estimate of drug-likeness (QED) is 0.875. The van der Waals surface area contributed by atoms with Crippen LogP contribution in [0.15, 0.2) is 18.5 Å². The van der Waals surface area contributed by atoms with Gasteiger partial charge in [0.15, 0.2) is 5.13 Å². The van der Waals surface area contributed by atoms with Crippen molar-refractivity contribution < 1.29 is 9.18 Å². The second-order valence-corrected chi connectivity index (χ2v) is 5.25. The zero-order valence-corrected chi connectivity index (χ0v) is 10.8. The highest BCUT2D eigenvalue weighted by molar-refractivity contribution is 7.15. The van der Waals surface area contributed by atoms with E-state index in [4.69, 9.17) is 0 Å². The molecule has 19 heavy (non-hydrogen) atoms. The monoisotopic (exact) mass is 278 g/mol. The van der Waals surface area contributed by atoms with Crippen LogP contribution in [0.1, 0.15) is 20.9 Å². The van der Waals surface area contributed by atoms with Gasteiger partial charge in [-0.05, 0) is 6.07 Å². The molecule has 0 aromatic carbocycles. The highest BCUT2D eigenvalue weighted by Crippen LogP contribution is 2.25. The van der Waals surface area contributed by atoms with E-state index in [1.807, 2.05) is 0 Å². The highest BCUT2D eigenvalue weighted by Gasteiger charge is 2.16. The summed E-state index contributed by atoms with van der Waals surface area (Å²) in [6.07, 6.45) is 3.25. The van der Waals surface area contributed by atoms with Gasteiger partial charge in [-0.1, -0.05) is 0 Å². The summed E-state index contributed by atoms with van der Waals surface area (Å²) < 4.78 is 13.0. The van der Waals surface area contributed by atoms with Crippen LogP contribution in [0.5, 0.6) is 0 Å². The van der Waals surface area contributed by atoms with Crippen molar-refractivity contribution in [2.45, 2.75) is 13.0 Å². The van der Waals surface area contributed by atoms with Crippen LogP contribution in [0.3, 0.4) is 0 Å². The van der Waals surface area contributed by atoms with E-state index in [2.05, 4.69) is 20.6 Å². The van der Waals surface area contributed by atoms with Gasteiger partial charge in [0, 0.05) is 30.6 Å². The summed E-state index contributed by atoms with van der Waals surface area (Å²) in [4.78, 5) is 21.1. The minimum atomic E-state index is -0.532. The summed E-state index contributed by atoms with van der Waals surface area (Å²) in [6, 6.07) is 1.15. The number of aromatic nitrogens is 2. The lowest BCUT2D eigenvalue weighted by atomic mass is 10.2. The lowest BCUT2D eigenvalue weighted by molar-refractivity contribution is 0.102. The number of rotatable bonds is 2. The van der Waals surface area contributed by atoms with Gasteiger partial charge in [0.05, 0.1) is 17.5 Å². The molecular formula is C12H11FN4OS. The molecular weight excluding hydrogens is 267 g/mol. The summed E-state index contributed by atoms with van der Waals surface area (Å²) in [5, 5.41) is 6.47. The number of anilines is 1. The minimum Gasteiger partial charge on any atom is -0.311 e. The Morgan fingerprint density at radius 3 is 3.16 bits per heavy atom. The molecule has 5 nitrogen and oxygen atoms in total. The van der Waals surface area contributed by atoms with Gasteiger partial charge < -0.3 is 5.32 Å². The fraction of sp³-hybridized carbons (Fsp3) is 0.250. The first kappa shape index (κ1) is 12.2. The lowest BCUT2D eigenvalue weighted by Crippen LogP contribution is -2.22. The standard InChI is InChI=1S/C12H11FN4OS/c13-8-3-7(4-15-5-8)11(18)17-12-16-9-1-2-14-6-10(9)19-12/h3-5,14H,1-2,6H2,(H,16,17,18). The summed E-state index contributed by atoms with van der Waals surface area (Å²) in [5.41, 5.74) is 1.21. The molecule has 0 radical (unpaired) electrons. The molecule has 0 bridgehead atoms. The van der Waals surface area contributed by atoms with E-state index in [-0.39, 0.29) is 5.56 Å². The van der Waals surface area contributed by atoms with Gasteiger partial charge >= 0.3 is 0 Å². The second kappa shape index (κ2) is 5.02. The third kappa shape index (κ3) is 2.61. The van der Waals surface area contributed by atoms with Crippen LogP contribution in [-0.2, 0) is 13.0 Å². The summed E-state index contributed by atoms with van der Waals surface area (Å²) in [6.45, 7) is 1.68. The average Bonchev–Trinajstić information content (AvgIpc) is 2.80. The van der Waals surface area contributed by atoms with Gasteiger partial charge in [0.1, 0.15) is 5.82 Å². The van der Waals surface area contributed by atoms with E-state index < -0.39 is 11.7 Å². The van der Waals surface area contributed by atoms with Crippen molar-refractivity contribution in [3.8, 4) is 0 Å². The SMILES string of the molecule is O=C(Nc1nc2c(s1)CNCC2)c1cncc(F)c1. The topological polar surface area (TPSA) is 66.9 Å². The molecule has 1 aliphatic heterocycles. The van der Waals surface area contributed by atoms with Crippen molar-refractivity contribution in [2.75, 3.05) is 11.9 Å². The largest absolute Gasteiger partial charge is 0.311 e. The zero-order valence-electron chi connectivity index (χ0n) is 9.94. The third-order valence-corrected chi connectivity index (χ3v) is 3.80. The van der Waals surface area contributed by atoms with Crippen molar-refractivity contribution in [1.82, 2.24) is 15.3 Å². The maximum Gasteiger partial charge on any atom is 0.259 e. The lowest BCUT2D eigenvalue weighted by Gasteiger charge is -2.09. The van der Waals surface area contributed by atoms with E-state index in [0.29, 0.717) is 5.13 Å². The van der Waals surface area contributed by atoms with Crippen molar-refractivity contribution in [2.24, 2.45) is 0 Å². The van der Waals surface area contributed by atoms with E-state index >= 15 is 0 Å². The number of hydrogen-bond donors (Lipinski definition) is 2. The van der Waals surface area contributed by atoms with Crippen LogP contribution < -0.4 is 10.6 Å². The van der Waals surface area contributed by atoms with Gasteiger partial charge in [-0.25, -0.2) is 9.37 Å². The molecule has 3 heterocycles. The van der Waals surface area contributed by atoms with E-state index in [9.17, 15) is 9.18 Å². The van der Waals surface area contributed by atoms with Crippen molar-refractivity contribution in [3.05, 3.63) is 40.4 Å². The summed E-state index contributed by atoms with van der Waals surface area (Å²) in [5.74, 6) is -0.929. The molecule has 0 saturated heterocycles. The number of halogens is 1. The first-order valence-corrected chi connectivity index (χ1v) is 6.65. The first-order chi connectivity index (χ1) is 9.22. The van der Waals surface area contributed by atoms with Crippen LogP contribution >= 0.6 is 11.3 Å². The number of hydrogen-bond acceptors (Lipinski definition) is 5. The predicted molar refractivity (Wildman–Crippen MR) is 69.7 cm³/mol. The molecule has 0 aliphatic carbocycles. The Hall–Kier alpha value is -1.86. The maximum atomic E-state index is 13.0. The number of fused-ring (bicyclic) bond motifs is 1. The molecule has 2 aromatic rings. The Labute approximate surface area is 112 Å². The normalized spacial score (nSPS) is 13.9. The Bertz CT molecular complexity index is 604. The fourth-order valence-electron chi connectivity index (χ4n) is 1.88. The highest BCUT2D eigenvalue weighted by atomic mass is 32.1. The molecule has 0 saturated carbocycles. The Morgan fingerprint density at radius 1 is 1.47 bits per heavy atom. The van der Waals surface area contributed by atoms with Crippen LogP contribution in [0.25, 0.3) is 0 Å².